The molecule has 1 aromatic carbocycles. The highest BCUT2D eigenvalue weighted by atomic mass is 79.9. The fourth-order valence-corrected chi connectivity index (χ4v) is 1.47. The van der Waals surface area contributed by atoms with Crippen LogP contribution in [0.15, 0.2) is 30.3 Å². The number of aliphatic carboxylic acids is 1. The molecule has 76 valence electrons. The summed E-state index contributed by atoms with van der Waals surface area (Å²) in [6.07, 6.45) is 0.402. The van der Waals surface area contributed by atoms with Crippen molar-refractivity contribution in [3.63, 3.8) is 0 Å². The van der Waals surface area contributed by atoms with Gasteiger partial charge < -0.3 is 5.11 Å². The van der Waals surface area contributed by atoms with Crippen LogP contribution in [-0.4, -0.2) is 22.6 Å². The van der Waals surface area contributed by atoms with Gasteiger partial charge in [-0.1, -0.05) is 46.3 Å². The Kier molecular flexibility index (Phi) is 3.66. The Morgan fingerprint density at radius 2 is 2.07 bits per heavy atom. The third kappa shape index (κ3) is 2.56. The van der Waals surface area contributed by atoms with Gasteiger partial charge in [-0.15, -0.1) is 0 Å². The number of likely N-dealkylation sites (N-methyl/N-ethyl adjacent to an activating group) is 1. The average molecular weight is 258 g/mol. The fraction of sp³-hybridized carbons (Fsp3) is 0.300. The number of alkyl halides is 1. The number of hydrogen-bond donors (Lipinski definition) is 2. The molecular weight excluding hydrogens is 246 g/mol. The molecule has 1 aromatic rings. The van der Waals surface area contributed by atoms with Gasteiger partial charge in [-0.05, 0) is 12.6 Å². The van der Waals surface area contributed by atoms with E-state index in [9.17, 15) is 4.79 Å². The van der Waals surface area contributed by atoms with Gasteiger partial charge in [-0.2, -0.15) is 0 Å². The largest absolute Gasteiger partial charge is 0.479 e. The first kappa shape index (κ1) is 11.2. The monoisotopic (exact) mass is 257 g/mol. The Balaban J connectivity index is 2.81. The van der Waals surface area contributed by atoms with Gasteiger partial charge in [0.2, 0.25) is 0 Å². The Morgan fingerprint density at radius 3 is 2.50 bits per heavy atom. The summed E-state index contributed by atoms with van der Waals surface area (Å²) in [6.45, 7) is 0. The SMILES string of the molecule is CNC(Br)(Cc1ccccc1)C(=O)O. The highest BCUT2D eigenvalue weighted by Crippen LogP contribution is 2.20. The number of carbonyl (C=O) groups is 1. The van der Waals surface area contributed by atoms with E-state index < -0.39 is 10.4 Å². The Labute approximate surface area is 91.3 Å². The van der Waals surface area contributed by atoms with E-state index in [0.717, 1.165) is 5.56 Å². The molecule has 0 spiro atoms. The van der Waals surface area contributed by atoms with Crippen LogP contribution < -0.4 is 5.32 Å². The van der Waals surface area contributed by atoms with Crippen LogP contribution in [0, 0.1) is 0 Å². The Bertz CT molecular complexity index is 315. The number of halogens is 1. The van der Waals surface area contributed by atoms with Crippen molar-refractivity contribution in [1.29, 1.82) is 0 Å². The van der Waals surface area contributed by atoms with Crippen molar-refractivity contribution >= 4 is 21.9 Å². The average Bonchev–Trinajstić information content (AvgIpc) is 2.19. The molecule has 1 unspecified atom stereocenters. The van der Waals surface area contributed by atoms with Crippen molar-refractivity contribution in [3.8, 4) is 0 Å². The summed E-state index contributed by atoms with van der Waals surface area (Å²) in [7, 11) is 1.62. The van der Waals surface area contributed by atoms with Gasteiger partial charge in [-0.25, -0.2) is 4.79 Å². The topological polar surface area (TPSA) is 49.3 Å². The first-order valence-electron chi connectivity index (χ1n) is 4.23. The third-order valence-electron chi connectivity index (χ3n) is 2.03. The molecule has 0 aliphatic rings. The number of hydrogen-bond acceptors (Lipinski definition) is 2. The van der Waals surface area contributed by atoms with E-state index in [1.165, 1.54) is 0 Å². The first-order chi connectivity index (χ1) is 6.58. The highest BCUT2D eigenvalue weighted by Gasteiger charge is 2.33. The minimum Gasteiger partial charge on any atom is -0.479 e. The van der Waals surface area contributed by atoms with Gasteiger partial charge in [-0.3, -0.25) is 5.32 Å². The standard InChI is InChI=1S/C10H12BrNO2/c1-12-10(11,9(13)14)7-8-5-3-2-4-6-8/h2-6,12H,7H2,1H3,(H,13,14). The Hall–Kier alpha value is -0.870. The molecule has 2 N–H and O–H groups in total. The predicted octanol–water partition coefficient (Wildman–Crippen LogP) is 1.62. The van der Waals surface area contributed by atoms with E-state index >= 15 is 0 Å². The summed E-state index contributed by atoms with van der Waals surface area (Å²) in [5, 5.41) is 11.7. The third-order valence-corrected chi connectivity index (χ3v) is 3.04. The molecule has 0 aliphatic carbocycles. The van der Waals surface area contributed by atoms with Gasteiger partial charge >= 0.3 is 5.97 Å². The van der Waals surface area contributed by atoms with Crippen molar-refractivity contribution < 1.29 is 9.90 Å². The molecule has 0 bridgehead atoms. The van der Waals surface area contributed by atoms with Crippen molar-refractivity contribution in [2.24, 2.45) is 0 Å². The summed E-state index contributed by atoms with van der Waals surface area (Å²) in [6, 6.07) is 9.48. The van der Waals surface area contributed by atoms with Gasteiger partial charge in [0, 0.05) is 6.42 Å². The molecule has 0 amide bonds. The normalized spacial score (nSPS) is 14.7. The summed E-state index contributed by atoms with van der Waals surface area (Å²) in [5.41, 5.74) is 0.973. The van der Waals surface area contributed by atoms with Crippen molar-refractivity contribution in [1.82, 2.24) is 5.32 Å². The number of rotatable bonds is 4. The molecule has 1 rings (SSSR count). The quantitative estimate of drug-likeness (QED) is 0.637. The maximum atomic E-state index is 10.9. The molecule has 0 saturated heterocycles. The molecule has 14 heavy (non-hydrogen) atoms. The van der Waals surface area contributed by atoms with Crippen LogP contribution in [0.4, 0.5) is 0 Å². The smallest absolute Gasteiger partial charge is 0.335 e. The molecule has 0 saturated carbocycles. The summed E-state index contributed by atoms with van der Waals surface area (Å²) >= 11 is 3.17. The molecular formula is C10H12BrNO2. The van der Waals surface area contributed by atoms with E-state index in [0.29, 0.717) is 6.42 Å². The molecule has 4 heteroatoms. The lowest BCUT2D eigenvalue weighted by molar-refractivity contribution is -0.140. The summed E-state index contributed by atoms with van der Waals surface area (Å²) < 4.78 is -1.08. The van der Waals surface area contributed by atoms with Crippen molar-refractivity contribution in [2.75, 3.05) is 7.05 Å². The maximum absolute atomic E-state index is 10.9. The first-order valence-corrected chi connectivity index (χ1v) is 5.03. The van der Waals surface area contributed by atoms with Gasteiger partial charge in [0.15, 0.2) is 4.45 Å². The van der Waals surface area contributed by atoms with Crippen LogP contribution in [0.3, 0.4) is 0 Å². The minimum absolute atomic E-state index is 0.402. The van der Waals surface area contributed by atoms with E-state index in [1.54, 1.807) is 7.05 Å². The van der Waals surface area contributed by atoms with Crippen LogP contribution in [0.5, 0.6) is 0 Å². The van der Waals surface area contributed by atoms with Crippen LogP contribution in [0.2, 0.25) is 0 Å². The van der Waals surface area contributed by atoms with E-state index in [4.69, 9.17) is 5.11 Å². The second kappa shape index (κ2) is 4.57. The highest BCUT2D eigenvalue weighted by molar-refractivity contribution is 9.10. The maximum Gasteiger partial charge on any atom is 0.335 e. The number of carboxylic acid groups (broad SMARTS) is 1. The van der Waals surface area contributed by atoms with Gasteiger partial charge in [0.1, 0.15) is 0 Å². The Morgan fingerprint density at radius 1 is 1.50 bits per heavy atom. The molecule has 0 aliphatic heterocycles. The number of benzene rings is 1. The zero-order chi connectivity index (χ0) is 10.6. The van der Waals surface area contributed by atoms with Crippen LogP contribution in [-0.2, 0) is 11.2 Å². The fourth-order valence-electron chi connectivity index (χ4n) is 1.15. The second-order valence-corrected chi connectivity index (χ2v) is 4.37. The summed E-state index contributed by atoms with van der Waals surface area (Å²) in [5.74, 6) is -0.913. The van der Waals surface area contributed by atoms with E-state index in [1.807, 2.05) is 30.3 Å². The molecule has 0 radical (unpaired) electrons. The molecule has 1 atom stereocenters. The van der Waals surface area contributed by atoms with Gasteiger partial charge in [0.05, 0.1) is 0 Å². The van der Waals surface area contributed by atoms with Crippen LogP contribution in [0.25, 0.3) is 0 Å². The molecule has 0 fully saturated rings. The predicted molar refractivity (Wildman–Crippen MR) is 58.5 cm³/mol. The summed E-state index contributed by atoms with van der Waals surface area (Å²) in [4.78, 5) is 10.9. The van der Waals surface area contributed by atoms with E-state index in [-0.39, 0.29) is 0 Å². The van der Waals surface area contributed by atoms with E-state index in [2.05, 4.69) is 21.2 Å². The van der Waals surface area contributed by atoms with Crippen LogP contribution in [0.1, 0.15) is 5.56 Å². The lowest BCUT2D eigenvalue weighted by atomic mass is 10.1. The van der Waals surface area contributed by atoms with Gasteiger partial charge in [0.25, 0.3) is 0 Å². The minimum atomic E-state index is -1.08. The number of nitrogens with one attached hydrogen (secondary N) is 1. The molecule has 3 nitrogen and oxygen atoms in total. The second-order valence-electron chi connectivity index (χ2n) is 3.02. The number of carboxylic acids is 1. The van der Waals surface area contributed by atoms with Crippen LogP contribution >= 0.6 is 15.9 Å². The lowest BCUT2D eigenvalue weighted by Gasteiger charge is -2.21. The zero-order valence-electron chi connectivity index (χ0n) is 7.83. The molecule has 0 heterocycles. The van der Waals surface area contributed by atoms with Crippen molar-refractivity contribution in [2.45, 2.75) is 10.9 Å². The lowest BCUT2D eigenvalue weighted by Crippen LogP contribution is -2.46. The van der Waals surface area contributed by atoms with Crippen molar-refractivity contribution in [3.05, 3.63) is 35.9 Å². The zero-order valence-corrected chi connectivity index (χ0v) is 9.41. The molecule has 0 aromatic heterocycles.